The van der Waals surface area contributed by atoms with Crippen LogP contribution in [-0.4, -0.2) is 33.1 Å². The van der Waals surface area contributed by atoms with E-state index in [-0.39, 0.29) is 11.9 Å². The molecule has 2 aromatic rings. The first-order chi connectivity index (χ1) is 12.4. The summed E-state index contributed by atoms with van der Waals surface area (Å²) in [4.78, 5) is 25.4. The number of nitrogens with zero attached hydrogens (tertiary/aromatic N) is 1. The summed E-state index contributed by atoms with van der Waals surface area (Å²) in [5, 5.41) is 8.23. The molecule has 0 saturated carbocycles. The molecule has 0 radical (unpaired) electrons. The number of hydrogen-bond acceptors (Lipinski definition) is 4. The number of benzene rings is 2. The first kappa shape index (κ1) is 19.1. The van der Waals surface area contributed by atoms with Crippen LogP contribution >= 0.6 is 0 Å². The molecule has 0 spiro atoms. The summed E-state index contributed by atoms with van der Waals surface area (Å²) in [5.74, 6) is 0.315. The molecule has 0 saturated heterocycles. The number of nitrogens with one attached hydrogen (secondary N) is 3. The van der Waals surface area contributed by atoms with Crippen LogP contribution in [0, 0.1) is 0 Å². The number of anilines is 3. The first-order valence-electron chi connectivity index (χ1n) is 8.16. The quantitative estimate of drug-likeness (QED) is 0.743. The average Bonchev–Trinajstić information content (AvgIpc) is 2.60. The fourth-order valence-corrected chi connectivity index (χ4v) is 2.38. The summed E-state index contributed by atoms with van der Waals surface area (Å²) in [6.07, 6.45) is 0. The van der Waals surface area contributed by atoms with Crippen LogP contribution in [0.5, 0.6) is 5.75 Å². The van der Waals surface area contributed by atoms with Gasteiger partial charge in [0.2, 0.25) is 5.91 Å². The molecule has 7 heteroatoms. The van der Waals surface area contributed by atoms with Crippen LogP contribution in [0.25, 0.3) is 0 Å². The third-order valence-electron chi connectivity index (χ3n) is 3.65. The van der Waals surface area contributed by atoms with E-state index in [2.05, 4.69) is 16.0 Å². The number of methoxy groups -OCH3 is 1. The van der Waals surface area contributed by atoms with Crippen molar-refractivity contribution in [3.63, 3.8) is 0 Å². The Morgan fingerprint density at radius 2 is 1.85 bits per heavy atom. The molecular weight excluding hydrogens is 332 g/mol. The van der Waals surface area contributed by atoms with Gasteiger partial charge in [-0.15, -0.1) is 0 Å². The van der Waals surface area contributed by atoms with Crippen molar-refractivity contribution in [3.05, 3.63) is 48.0 Å². The molecule has 0 aromatic heterocycles. The van der Waals surface area contributed by atoms with Crippen molar-refractivity contribution in [2.45, 2.75) is 13.5 Å². The molecule has 0 fully saturated rings. The Bertz CT molecular complexity index is 790. The summed E-state index contributed by atoms with van der Waals surface area (Å²) in [6, 6.07) is 12.6. The van der Waals surface area contributed by atoms with Crippen LogP contribution in [0.4, 0.5) is 21.9 Å². The van der Waals surface area contributed by atoms with Crippen molar-refractivity contribution < 1.29 is 14.3 Å². The minimum Gasteiger partial charge on any atom is -0.495 e. The Kier molecular flexibility index (Phi) is 6.43. The predicted molar refractivity (Wildman–Crippen MR) is 104 cm³/mol. The van der Waals surface area contributed by atoms with Gasteiger partial charge >= 0.3 is 6.03 Å². The van der Waals surface area contributed by atoms with Gasteiger partial charge in [0.1, 0.15) is 5.75 Å². The van der Waals surface area contributed by atoms with Gasteiger partial charge in [-0.2, -0.15) is 0 Å². The second-order valence-electron chi connectivity index (χ2n) is 5.97. The standard InChI is InChI=1S/C19H24N4O3/c1-13(24)21-15-8-9-18(26-4)17(11-15)22-19(25)20-12-14-6-5-7-16(10-14)23(2)3/h5-11H,12H2,1-4H3,(H,21,24)(H2,20,22,25). The zero-order chi connectivity index (χ0) is 19.1. The highest BCUT2D eigenvalue weighted by Gasteiger charge is 2.09. The van der Waals surface area contributed by atoms with E-state index >= 15 is 0 Å². The summed E-state index contributed by atoms with van der Waals surface area (Å²) in [6.45, 7) is 1.81. The lowest BCUT2D eigenvalue weighted by atomic mass is 10.2. The minimum atomic E-state index is -0.362. The molecule has 3 N–H and O–H groups in total. The normalized spacial score (nSPS) is 10.0. The fourth-order valence-electron chi connectivity index (χ4n) is 2.38. The van der Waals surface area contributed by atoms with Gasteiger partial charge in [-0.3, -0.25) is 4.79 Å². The van der Waals surface area contributed by atoms with Crippen LogP contribution in [0.15, 0.2) is 42.5 Å². The maximum Gasteiger partial charge on any atom is 0.319 e. The van der Waals surface area contributed by atoms with Gasteiger partial charge in [0.15, 0.2) is 0 Å². The van der Waals surface area contributed by atoms with Gasteiger partial charge in [-0.05, 0) is 35.9 Å². The average molecular weight is 356 g/mol. The highest BCUT2D eigenvalue weighted by Crippen LogP contribution is 2.27. The maximum atomic E-state index is 12.2. The van der Waals surface area contributed by atoms with E-state index < -0.39 is 0 Å². The third kappa shape index (κ3) is 5.41. The predicted octanol–water partition coefficient (Wildman–Crippen LogP) is 3.04. The molecular formula is C19H24N4O3. The van der Waals surface area contributed by atoms with E-state index in [1.54, 1.807) is 18.2 Å². The van der Waals surface area contributed by atoms with Gasteiger partial charge in [0.25, 0.3) is 0 Å². The topological polar surface area (TPSA) is 82.7 Å². The molecule has 2 rings (SSSR count). The van der Waals surface area contributed by atoms with Crippen LogP contribution in [-0.2, 0) is 11.3 Å². The minimum absolute atomic E-state index is 0.189. The zero-order valence-corrected chi connectivity index (χ0v) is 15.4. The maximum absolute atomic E-state index is 12.2. The molecule has 0 atom stereocenters. The summed E-state index contributed by atoms with van der Waals surface area (Å²) in [7, 11) is 5.45. The number of ether oxygens (including phenoxy) is 1. The van der Waals surface area contributed by atoms with Crippen molar-refractivity contribution in [1.82, 2.24) is 5.32 Å². The van der Waals surface area contributed by atoms with Crippen molar-refractivity contribution in [2.75, 3.05) is 36.7 Å². The molecule has 26 heavy (non-hydrogen) atoms. The van der Waals surface area contributed by atoms with Gasteiger partial charge < -0.3 is 25.6 Å². The number of carbonyl (C=O) groups excluding carboxylic acids is 2. The molecule has 3 amide bonds. The number of rotatable bonds is 6. The Labute approximate surface area is 153 Å². The molecule has 2 aromatic carbocycles. The second-order valence-corrected chi connectivity index (χ2v) is 5.97. The Hall–Kier alpha value is -3.22. The molecule has 7 nitrogen and oxygen atoms in total. The number of hydrogen-bond donors (Lipinski definition) is 3. The van der Waals surface area contributed by atoms with Crippen molar-refractivity contribution >= 4 is 29.0 Å². The van der Waals surface area contributed by atoms with E-state index in [0.717, 1.165) is 11.3 Å². The molecule has 0 aliphatic rings. The highest BCUT2D eigenvalue weighted by molar-refractivity contribution is 5.94. The number of amides is 3. The first-order valence-corrected chi connectivity index (χ1v) is 8.16. The summed E-state index contributed by atoms with van der Waals surface area (Å²) < 4.78 is 5.25. The lowest BCUT2D eigenvalue weighted by Gasteiger charge is -2.15. The van der Waals surface area contributed by atoms with Gasteiger partial charge in [-0.25, -0.2) is 4.79 Å². The Morgan fingerprint density at radius 1 is 1.08 bits per heavy atom. The van der Waals surface area contributed by atoms with E-state index in [4.69, 9.17) is 4.74 Å². The SMILES string of the molecule is COc1ccc(NC(C)=O)cc1NC(=O)NCc1cccc(N(C)C)c1. The largest absolute Gasteiger partial charge is 0.495 e. The molecule has 0 unspecified atom stereocenters. The summed E-state index contributed by atoms with van der Waals surface area (Å²) in [5.41, 5.74) is 3.10. The van der Waals surface area contributed by atoms with Crippen molar-refractivity contribution in [2.24, 2.45) is 0 Å². The van der Waals surface area contributed by atoms with Crippen LogP contribution < -0.4 is 25.6 Å². The molecule has 0 bridgehead atoms. The molecule has 0 aliphatic carbocycles. The van der Waals surface area contributed by atoms with E-state index in [1.165, 1.54) is 14.0 Å². The third-order valence-corrected chi connectivity index (χ3v) is 3.65. The van der Waals surface area contributed by atoms with E-state index in [9.17, 15) is 9.59 Å². The van der Waals surface area contributed by atoms with E-state index in [0.29, 0.717) is 23.7 Å². The van der Waals surface area contributed by atoms with Gasteiger partial charge in [0.05, 0.1) is 12.8 Å². The second kappa shape index (κ2) is 8.75. The lowest BCUT2D eigenvalue weighted by Crippen LogP contribution is -2.28. The van der Waals surface area contributed by atoms with Gasteiger partial charge in [-0.1, -0.05) is 12.1 Å². The monoisotopic (exact) mass is 356 g/mol. The van der Waals surface area contributed by atoms with Crippen LogP contribution in [0.3, 0.4) is 0 Å². The molecule has 138 valence electrons. The van der Waals surface area contributed by atoms with E-state index in [1.807, 2.05) is 43.3 Å². The van der Waals surface area contributed by atoms with Crippen LogP contribution in [0.2, 0.25) is 0 Å². The van der Waals surface area contributed by atoms with Crippen molar-refractivity contribution in [1.29, 1.82) is 0 Å². The number of carbonyl (C=O) groups is 2. The molecule has 0 heterocycles. The van der Waals surface area contributed by atoms with Crippen molar-refractivity contribution in [3.8, 4) is 5.75 Å². The lowest BCUT2D eigenvalue weighted by molar-refractivity contribution is -0.114. The van der Waals surface area contributed by atoms with Crippen LogP contribution in [0.1, 0.15) is 12.5 Å². The molecule has 0 aliphatic heterocycles. The smallest absolute Gasteiger partial charge is 0.319 e. The Balaban J connectivity index is 2.02. The highest BCUT2D eigenvalue weighted by atomic mass is 16.5. The fraction of sp³-hybridized carbons (Fsp3) is 0.263. The Morgan fingerprint density at radius 3 is 2.50 bits per heavy atom. The number of urea groups is 1. The van der Waals surface area contributed by atoms with Gasteiger partial charge in [0, 0.05) is 38.9 Å². The zero-order valence-electron chi connectivity index (χ0n) is 15.4. The summed E-state index contributed by atoms with van der Waals surface area (Å²) >= 11 is 0.